The number of hydrogen-bond donors (Lipinski definition) is 1. The van der Waals surface area contributed by atoms with Gasteiger partial charge in [0, 0.05) is 35.9 Å². The number of nitrogens with zero attached hydrogens (tertiary/aromatic N) is 3. The smallest absolute Gasteiger partial charge is 0.240 e. The molecular formula is C33H37ClF3N4O3S2+. The second-order valence-corrected chi connectivity index (χ2v) is 15.4. The van der Waals surface area contributed by atoms with E-state index in [0.29, 0.717) is 38.9 Å². The SMILES string of the molecule is COc1cc(C2CCCc3nc(SCc4c(F)cc(S(=O)(=O)NCCC[N+](C)(C)C)cc4F)n(-c4ccc(F)cc4)c32)ccc1Cl. The Labute approximate surface area is 277 Å². The van der Waals surface area contributed by atoms with Gasteiger partial charge in [0.05, 0.1) is 56.1 Å². The number of aryl methyl sites for hydroxylation is 1. The molecule has 1 aromatic heterocycles. The molecule has 1 aliphatic carbocycles. The van der Waals surface area contributed by atoms with Crippen molar-refractivity contribution in [2.45, 2.75) is 47.4 Å². The minimum absolute atomic E-state index is 0.0883. The van der Waals surface area contributed by atoms with Crippen LogP contribution in [0.3, 0.4) is 0 Å². The Morgan fingerprint density at radius 1 is 1.07 bits per heavy atom. The van der Waals surface area contributed by atoms with E-state index in [0.717, 1.165) is 60.2 Å². The van der Waals surface area contributed by atoms with Crippen LogP contribution in [0.1, 0.15) is 47.7 Å². The maximum absolute atomic E-state index is 15.3. The molecule has 1 heterocycles. The van der Waals surface area contributed by atoms with Gasteiger partial charge in [0.15, 0.2) is 5.16 Å². The van der Waals surface area contributed by atoms with Crippen LogP contribution in [0.5, 0.6) is 5.75 Å². The number of ether oxygens (including phenoxy) is 1. The van der Waals surface area contributed by atoms with Crippen LogP contribution in [-0.4, -0.2) is 63.8 Å². The molecule has 246 valence electrons. The molecule has 46 heavy (non-hydrogen) atoms. The molecule has 0 radical (unpaired) electrons. The number of benzene rings is 3. The molecule has 3 aromatic carbocycles. The zero-order chi connectivity index (χ0) is 33.2. The molecular weight excluding hydrogens is 657 g/mol. The van der Waals surface area contributed by atoms with Crippen molar-refractivity contribution in [3.8, 4) is 11.4 Å². The number of fused-ring (bicyclic) bond motifs is 1. The summed E-state index contributed by atoms with van der Waals surface area (Å²) < 4.78 is 80.7. The molecule has 7 nitrogen and oxygen atoms in total. The number of hydrogen-bond acceptors (Lipinski definition) is 5. The molecule has 1 N–H and O–H groups in total. The summed E-state index contributed by atoms with van der Waals surface area (Å²) in [6.07, 6.45) is 2.96. The minimum atomic E-state index is -4.10. The van der Waals surface area contributed by atoms with Gasteiger partial charge in [0.25, 0.3) is 0 Å². The minimum Gasteiger partial charge on any atom is -0.495 e. The van der Waals surface area contributed by atoms with Gasteiger partial charge in [0.2, 0.25) is 10.0 Å². The van der Waals surface area contributed by atoms with Gasteiger partial charge in [-0.05, 0) is 73.4 Å². The number of aromatic nitrogens is 2. The Kier molecular flexibility index (Phi) is 10.4. The van der Waals surface area contributed by atoms with Gasteiger partial charge < -0.3 is 9.22 Å². The Morgan fingerprint density at radius 3 is 2.41 bits per heavy atom. The van der Waals surface area contributed by atoms with Gasteiger partial charge in [-0.2, -0.15) is 0 Å². The molecule has 0 spiro atoms. The normalized spacial score (nSPS) is 15.2. The van der Waals surface area contributed by atoms with Crippen molar-refractivity contribution in [3.05, 3.63) is 99.6 Å². The van der Waals surface area contributed by atoms with Gasteiger partial charge >= 0.3 is 0 Å². The van der Waals surface area contributed by atoms with Crippen LogP contribution in [0.15, 0.2) is 64.6 Å². The van der Waals surface area contributed by atoms with E-state index in [1.54, 1.807) is 25.3 Å². The molecule has 5 rings (SSSR count). The third-order valence-electron chi connectivity index (χ3n) is 7.93. The molecule has 0 aliphatic heterocycles. The van der Waals surface area contributed by atoms with E-state index in [4.69, 9.17) is 21.3 Å². The van der Waals surface area contributed by atoms with Crippen molar-refractivity contribution in [1.29, 1.82) is 0 Å². The van der Waals surface area contributed by atoms with Gasteiger partial charge in [-0.3, -0.25) is 4.57 Å². The second-order valence-electron chi connectivity index (χ2n) is 12.3. The summed E-state index contributed by atoms with van der Waals surface area (Å²) in [4.78, 5) is 4.43. The fourth-order valence-corrected chi connectivity index (χ4v) is 7.96. The highest BCUT2D eigenvalue weighted by Gasteiger charge is 2.31. The third-order valence-corrected chi connectivity index (χ3v) is 10.6. The number of nitrogens with one attached hydrogen (secondary N) is 1. The average molecular weight is 694 g/mol. The van der Waals surface area contributed by atoms with E-state index in [9.17, 15) is 12.8 Å². The Morgan fingerprint density at radius 2 is 1.76 bits per heavy atom. The molecule has 0 saturated heterocycles. The van der Waals surface area contributed by atoms with Crippen molar-refractivity contribution in [1.82, 2.24) is 14.3 Å². The first-order valence-electron chi connectivity index (χ1n) is 14.9. The molecule has 1 aliphatic rings. The van der Waals surface area contributed by atoms with E-state index >= 15 is 8.78 Å². The van der Waals surface area contributed by atoms with Crippen LogP contribution < -0.4 is 9.46 Å². The summed E-state index contributed by atoms with van der Waals surface area (Å²) in [5, 5.41) is 0.975. The van der Waals surface area contributed by atoms with E-state index in [1.165, 1.54) is 12.1 Å². The fraction of sp³-hybridized carbons (Fsp3) is 0.364. The highest BCUT2D eigenvalue weighted by atomic mass is 35.5. The number of sulfonamides is 1. The van der Waals surface area contributed by atoms with E-state index < -0.39 is 32.4 Å². The number of imidazole rings is 1. The molecule has 0 amide bonds. The quantitative estimate of drug-likeness (QED) is 0.0975. The molecule has 4 aromatic rings. The number of quaternary nitrogens is 1. The highest BCUT2D eigenvalue weighted by Crippen LogP contribution is 2.43. The Bertz CT molecular complexity index is 1800. The van der Waals surface area contributed by atoms with Crippen molar-refractivity contribution < 1.29 is 30.8 Å². The molecule has 1 atom stereocenters. The lowest BCUT2D eigenvalue weighted by molar-refractivity contribution is -0.870. The fourth-order valence-electron chi connectivity index (χ4n) is 5.61. The largest absolute Gasteiger partial charge is 0.495 e. The molecule has 13 heteroatoms. The van der Waals surface area contributed by atoms with Crippen LogP contribution in [-0.2, 0) is 22.2 Å². The number of methoxy groups -OCH3 is 1. The zero-order valence-electron chi connectivity index (χ0n) is 26.1. The van der Waals surface area contributed by atoms with Crippen LogP contribution >= 0.6 is 23.4 Å². The van der Waals surface area contributed by atoms with Gasteiger partial charge in [-0.25, -0.2) is 31.3 Å². The first-order chi connectivity index (χ1) is 21.8. The van der Waals surface area contributed by atoms with Crippen molar-refractivity contribution in [3.63, 3.8) is 0 Å². The number of thioether (sulfide) groups is 1. The van der Waals surface area contributed by atoms with Gasteiger partial charge in [-0.15, -0.1) is 0 Å². The maximum Gasteiger partial charge on any atom is 0.240 e. The molecule has 0 saturated carbocycles. The van der Waals surface area contributed by atoms with Crippen LogP contribution in [0.4, 0.5) is 13.2 Å². The predicted molar refractivity (Wildman–Crippen MR) is 175 cm³/mol. The Hall–Kier alpha value is -3.03. The van der Waals surface area contributed by atoms with E-state index in [1.807, 2.05) is 37.8 Å². The standard InChI is InChI=1S/C33H37ClF3N4O3S2/c1-41(2,3)16-6-15-38-46(42,43)24-18-28(36)26(29(37)19-24)20-45-33-39-30-8-5-7-25(21-9-14-27(34)31(17-21)44-4)32(30)40(33)23-12-10-22(35)11-13-23/h9-14,17-19,25,38H,5-8,15-16,20H2,1-4H3/q+1. The van der Waals surface area contributed by atoms with Gasteiger partial charge in [-0.1, -0.05) is 29.4 Å². The summed E-state index contributed by atoms with van der Waals surface area (Å²) in [6.45, 7) is 0.881. The van der Waals surface area contributed by atoms with Crippen molar-refractivity contribution in [2.75, 3.05) is 41.3 Å². The zero-order valence-corrected chi connectivity index (χ0v) is 28.5. The second kappa shape index (κ2) is 14.0. The summed E-state index contributed by atoms with van der Waals surface area (Å²) in [6, 6.07) is 13.3. The maximum atomic E-state index is 15.3. The summed E-state index contributed by atoms with van der Waals surface area (Å²) in [5.74, 6) is -2.01. The van der Waals surface area contributed by atoms with Crippen LogP contribution in [0.2, 0.25) is 5.02 Å². The third kappa shape index (κ3) is 7.74. The van der Waals surface area contributed by atoms with Crippen molar-refractivity contribution in [2.24, 2.45) is 0 Å². The van der Waals surface area contributed by atoms with E-state index in [2.05, 4.69) is 4.72 Å². The molecule has 0 fully saturated rings. The summed E-state index contributed by atoms with van der Waals surface area (Å²) >= 11 is 7.43. The average Bonchev–Trinajstić information content (AvgIpc) is 3.37. The van der Waals surface area contributed by atoms with E-state index in [-0.39, 0.29) is 23.8 Å². The molecule has 1 unspecified atom stereocenters. The monoisotopic (exact) mass is 693 g/mol. The lowest BCUT2D eigenvalue weighted by atomic mass is 9.84. The first-order valence-corrected chi connectivity index (χ1v) is 17.7. The van der Waals surface area contributed by atoms with Crippen LogP contribution in [0, 0.1) is 17.5 Å². The number of rotatable bonds is 12. The topological polar surface area (TPSA) is 73.2 Å². The van der Waals surface area contributed by atoms with Crippen molar-refractivity contribution >= 4 is 33.4 Å². The number of halogens is 4. The lowest BCUT2D eigenvalue weighted by Crippen LogP contribution is -2.37. The first kappa shape index (κ1) is 34.3. The highest BCUT2D eigenvalue weighted by molar-refractivity contribution is 7.98. The summed E-state index contributed by atoms with van der Waals surface area (Å²) in [5.41, 5.74) is 3.12. The Balaban J connectivity index is 1.45. The molecule has 0 bridgehead atoms. The van der Waals surface area contributed by atoms with Crippen LogP contribution in [0.25, 0.3) is 5.69 Å². The van der Waals surface area contributed by atoms with Gasteiger partial charge in [0.1, 0.15) is 23.2 Å². The predicted octanol–water partition coefficient (Wildman–Crippen LogP) is 7.09. The lowest BCUT2D eigenvalue weighted by Gasteiger charge is -2.26. The summed E-state index contributed by atoms with van der Waals surface area (Å²) in [7, 11) is 3.43.